The van der Waals surface area contributed by atoms with Gasteiger partial charge in [-0.2, -0.15) is 0 Å². The molecule has 4 heteroatoms. The van der Waals surface area contributed by atoms with Gasteiger partial charge in [0.05, 0.1) is 5.56 Å². The maximum absolute atomic E-state index is 10.9. The van der Waals surface area contributed by atoms with Crippen molar-refractivity contribution in [2.24, 2.45) is 0 Å². The summed E-state index contributed by atoms with van der Waals surface area (Å²) < 4.78 is 0. The van der Waals surface area contributed by atoms with E-state index in [1.165, 1.54) is 0 Å². The van der Waals surface area contributed by atoms with Crippen LogP contribution in [0.15, 0.2) is 12.1 Å². The minimum Gasteiger partial charge on any atom is -0.478 e. The number of anilines is 1. The Balaban J connectivity index is 3.27. The van der Waals surface area contributed by atoms with Crippen molar-refractivity contribution in [2.45, 2.75) is 19.9 Å². The average molecular weight is 208 g/mol. The Morgan fingerprint density at radius 2 is 2.13 bits per heavy atom. The Morgan fingerprint density at radius 3 is 2.60 bits per heavy atom. The van der Waals surface area contributed by atoms with E-state index < -0.39 is 5.97 Å². The first kappa shape index (κ1) is 11.5. The fourth-order valence-corrected chi connectivity index (χ4v) is 1.51. The first-order valence-electron chi connectivity index (χ1n) is 4.78. The number of carboxylic acid groups (broad SMARTS) is 1. The van der Waals surface area contributed by atoms with Crippen molar-refractivity contribution < 1.29 is 9.90 Å². The van der Waals surface area contributed by atoms with Gasteiger partial charge in [-0.25, -0.2) is 4.79 Å². The lowest BCUT2D eigenvalue weighted by Crippen LogP contribution is -2.15. The Morgan fingerprint density at radius 1 is 1.53 bits per heavy atom. The fourth-order valence-electron chi connectivity index (χ4n) is 1.51. The maximum atomic E-state index is 10.9. The molecule has 0 radical (unpaired) electrons. The van der Waals surface area contributed by atoms with Crippen molar-refractivity contribution in [1.82, 2.24) is 5.32 Å². The van der Waals surface area contributed by atoms with E-state index in [0.717, 1.165) is 5.56 Å². The van der Waals surface area contributed by atoms with Crippen molar-refractivity contribution in [3.8, 4) is 0 Å². The first-order chi connectivity index (χ1) is 6.99. The van der Waals surface area contributed by atoms with E-state index in [4.69, 9.17) is 10.8 Å². The summed E-state index contributed by atoms with van der Waals surface area (Å²) in [6, 6.07) is 3.47. The number of rotatable bonds is 3. The molecule has 82 valence electrons. The summed E-state index contributed by atoms with van der Waals surface area (Å²) in [6.07, 6.45) is 0. The molecule has 0 spiro atoms. The Bertz CT molecular complexity index is 388. The van der Waals surface area contributed by atoms with Crippen LogP contribution in [-0.2, 0) is 0 Å². The number of nitrogens with two attached hydrogens (primary N) is 1. The van der Waals surface area contributed by atoms with Crippen LogP contribution in [0.3, 0.4) is 0 Å². The molecule has 0 fully saturated rings. The van der Waals surface area contributed by atoms with E-state index in [1.807, 2.05) is 14.0 Å². The zero-order valence-corrected chi connectivity index (χ0v) is 9.16. The molecule has 0 aliphatic heterocycles. The topological polar surface area (TPSA) is 75.3 Å². The van der Waals surface area contributed by atoms with Crippen LogP contribution in [0.2, 0.25) is 0 Å². The minimum atomic E-state index is -0.942. The first-order valence-corrected chi connectivity index (χ1v) is 4.78. The molecule has 0 aliphatic carbocycles. The molecule has 0 amide bonds. The summed E-state index contributed by atoms with van der Waals surface area (Å²) in [5.41, 5.74) is 8.27. The third-order valence-corrected chi connectivity index (χ3v) is 2.68. The number of hydrogen-bond donors (Lipinski definition) is 3. The van der Waals surface area contributed by atoms with Gasteiger partial charge in [0.15, 0.2) is 0 Å². The van der Waals surface area contributed by atoms with E-state index in [-0.39, 0.29) is 11.6 Å². The summed E-state index contributed by atoms with van der Waals surface area (Å²) in [5, 5.41) is 12.0. The van der Waals surface area contributed by atoms with Crippen molar-refractivity contribution in [3.05, 3.63) is 28.8 Å². The molecular weight excluding hydrogens is 192 g/mol. The lowest BCUT2D eigenvalue weighted by Gasteiger charge is -2.16. The van der Waals surface area contributed by atoms with E-state index in [0.29, 0.717) is 11.3 Å². The van der Waals surface area contributed by atoms with Crippen molar-refractivity contribution in [1.29, 1.82) is 0 Å². The molecule has 4 nitrogen and oxygen atoms in total. The van der Waals surface area contributed by atoms with Gasteiger partial charge in [0.2, 0.25) is 0 Å². The largest absolute Gasteiger partial charge is 0.478 e. The third kappa shape index (κ3) is 2.10. The summed E-state index contributed by atoms with van der Waals surface area (Å²) in [6.45, 7) is 3.70. The van der Waals surface area contributed by atoms with Gasteiger partial charge in [0.1, 0.15) is 0 Å². The van der Waals surface area contributed by atoms with Gasteiger partial charge in [-0.15, -0.1) is 0 Å². The van der Waals surface area contributed by atoms with Crippen LogP contribution in [0.25, 0.3) is 0 Å². The molecular formula is C11H16N2O2. The van der Waals surface area contributed by atoms with Crippen LogP contribution in [0.1, 0.15) is 34.5 Å². The molecule has 1 atom stereocenters. The number of carboxylic acids is 1. The fraction of sp³-hybridized carbons (Fsp3) is 0.364. The van der Waals surface area contributed by atoms with Gasteiger partial charge in [-0.05, 0) is 38.1 Å². The normalized spacial score (nSPS) is 12.5. The van der Waals surface area contributed by atoms with E-state index >= 15 is 0 Å². The summed E-state index contributed by atoms with van der Waals surface area (Å²) in [7, 11) is 1.84. The second kappa shape index (κ2) is 4.31. The molecule has 0 saturated carbocycles. The molecule has 1 unspecified atom stereocenters. The number of nitrogen functional groups attached to an aromatic ring is 1. The minimum absolute atomic E-state index is 0.117. The monoisotopic (exact) mass is 208 g/mol. The lowest BCUT2D eigenvalue weighted by molar-refractivity contribution is 0.0696. The highest BCUT2D eigenvalue weighted by Gasteiger charge is 2.14. The number of nitrogens with one attached hydrogen (secondary N) is 1. The van der Waals surface area contributed by atoms with Gasteiger partial charge >= 0.3 is 5.97 Å². The smallest absolute Gasteiger partial charge is 0.336 e. The maximum Gasteiger partial charge on any atom is 0.336 e. The van der Waals surface area contributed by atoms with E-state index in [2.05, 4.69) is 5.32 Å². The van der Waals surface area contributed by atoms with Crippen LogP contribution in [0, 0.1) is 6.92 Å². The highest BCUT2D eigenvalue weighted by molar-refractivity contribution is 5.91. The summed E-state index contributed by atoms with van der Waals surface area (Å²) in [4.78, 5) is 10.9. The predicted molar refractivity (Wildman–Crippen MR) is 60.0 cm³/mol. The third-order valence-electron chi connectivity index (χ3n) is 2.68. The van der Waals surface area contributed by atoms with Gasteiger partial charge < -0.3 is 16.2 Å². The Hall–Kier alpha value is -1.55. The lowest BCUT2D eigenvalue weighted by atomic mass is 9.98. The molecule has 0 aromatic heterocycles. The van der Waals surface area contributed by atoms with Gasteiger partial charge in [-0.1, -0.05) is 6.07 Å². The van der Waals surface area contributed by atoms with Crippen LogP contribution < -0.4 is 11.1 Å². The quantitative estimate of drug-likeness (QED) is 0.659. The standard InChI is InChI=1S/C11H16N2O2/c1-6-8(11(14)15)4-5-9(10(6)12)7(2)13-3/h4-5,7,13H,12H2,1-3H3,(H,14,15). The molecule has 0 saturated heterocycles. The Labute approximate surface area is 89.1 Å². The van der Waals surface area contributed by atoms with Crippen LogP contribution >= 0.6 is 0 Å². The van der Waals surface area contributed by atoms with Crippen molar-refractivity contribution in [3.63, 3.8) is 0 Å². The Kier molecular flexibility index (Phi) is 3.31. The van der Waals surface area contributed by atoms with Crippen LogP contribution in [0.5, 0.6) is 0 Å². The molecule has 4 N–H and O–H groups in total. The number of carbonyl (C=O) groups is 1. The molecule has 15 heavy (non-hydrogen) atoms. The molecule has 0 bridgehead atoms. The SMILES string of the molecule is CNC(C)c1ccc(C(=O)O)c(C)c1N. The van der Waals surface area contributed by atoms with Crippen molar-refractivity contribution >= 4 is 11.7 Å². The molecule has 1 rings (SSSR count). The second-order valence-electron chi connectivity index (χ2n) is 3.56. The van der Waals surface area contributed by atoms with Gasteiger partial charge in [-0.3, -0.25) is 0 Å². The summed E-state index contributed by atoms with van der Waals surface area (Å²) in [5.74, 6) is -0.942. The number of hydrogen-bond acceptors (Lipinski definition) is 3. The summed E-state index contributed by atoms with van der Waals surface area (Å²) >= 11 is 0. The van der Waals surface area contributed by atoms with E-state index in [1.54, 1.807) is 19.1 Å². The highest BCUT2D eigenvalue weighted by Crippen LogP contribution is 2.25. The average Bonchev–Trinajstić information content (AvgIpc) is 2.20. The molecule has 0 heterocycles. The predicted octanol–water partition coefficient (Wildman–Crippen LogP) is 1.56. The zero-order valence-electron chi connectivity index (χ0n) is 9.16. The number of benzene rings is 1. The highest BCUT2D eigenvalue weighted by atomic mass is 16.4. The van der Waals surface area contributed by atoms with Crippen molar-refractivity contribution in [2.75, 3.05) is 12.8 Å². The molecule has 0 aliphatic rings. The second-order valence-corrected chi connectivity index (χ2v) is 3.56. The van der Waals surface area contributed by atoms with E-state index in [9.17, 15) is 4.79 Å². The molecule has 1 aromatic rings. The zero-order chi connectivity index (χ0) is 11.6. The van der Waals surface area contributed by atoms with Gasteiger partial charge in [0, 0.05) is 11.7 Å². The molecule has 1 aromatic carbocycles. The van der Waals surface area contributed by atoms with Crippen LogP contribution in [0.4, 0.5) is 5.69 Å². The number of aromatic carboxylic acids is 1. The van der Waals surface area contributed by atoms with Crippen LogP contribution in [-0.4, -0.2) is 18.1 Å². The van der Waals surface area contributed by atoms with Gasteiger partial charge in [0.25, 0.3) is 0 Å².